The molecular weight excluding hydrogens is 506 g/mol. The second-order valence-corrected chi connectivity index (χ2v) is 12.9. The Kier molecular flexibility index (Phi) is 25.3. The summed E-state index contributed by atoms with van der Waals surface area (Å²) >= 11 is 0. The third-order valence-electron chi connectivity index (χ3n) is 7.30. The quantitative estimate of drug-likeness (QED) is 0.0509. The molecule has 230 valence electrons. The Bertz CT molecular complexity index is 737. The van der Waals surface area contributed by atoms with E-state index < -0.39 is 10.4 Å². The van der Waals surface area contributed by atoms with Gasteiger partial charge >= 0.3 is 0 Å². The summed E-state index contributed by atoms with van der Waals surface area (Å²) < 4.78 is 35.6. The molecular formula is C33H63NO4S. The minimum atomic E-state index is -4.48. The molecule has 6 heteroatoms. The first-order chi connectivity index (χ1) is 18.7. The van der Waals surface area contributed by atoms with Crippen LogP contribution in [0.4, 0.5) is 0 Å². The van der Waals surface area contributed by atoms with E-state index in [0.717, 1.165) is 23.9 Å². The summed E-state index contributed by atoms with van der Waals surface area (Å²) in [6.45, 7) is 6.98. The van der Waals surface area contributed by atoms with E-state index >= 15 is 0 Å². The van der Waals surface area contributed by atoms with Crippen LogP contribution in [0.5, 0.6) is 0 Å². The molecule has 5 nitrogen and oxygen atoms in total. The molecule has 0 radical (unpaired) electrons. The molecule has 0 aliphatic heterocycles. The lowest BCUT2D eigenvalue weighted by Crippen LogP contribution is -2.39. The maximum absolute atomic E-state index is 10.1. The van der Waals surface area contributed by atoms with Gasteiger partial charge in [-0.1, -0.05) is 153 Å². The van der Waals surface area contributed by atoms with Crippen molar-refractivity contribution in [3.8, 4) is 0 Å². The average Bonchev–Trinajstić information content (AvgIpc) is 2.88. The Labute approximate surface area is 243 Å². The molecule has 0 N–H and O–H groups in total. The second kappa shape index (κ2) is 26.0. The molecule has 0 fully saturated rings. The summed E-state index contributed by atoms with van der Waals surface area (Å²) in [5, 5.41) is 0. The molecule has 0 saturated heterocycles. The number of hydrogen-bond acceptors (Lipinski definition) is 4. The topological polar surface area (TPSA) is 66.4 Å². The average molecular weight is 570 g/mol. The SMILES string of the molecule is CCCCCCCCCCCCOS(=O)(=O)[O-].CCCCCCCCCCCC[N+](C)(C)Cc1ccccc1. The Balaban J connectivity index is 0.000000768. The van der Waals surface area contributed by atoms with E-state index in [4.69, 9.17) is 0 Å². The normalized spacial score (nSPS) is 11.8. The van der Waals surface area contributed by atoms with Gasteiger partial charge in [-0.05, 0) is 19.3 Å². The van der Waals surface area contributed by atoms with Gasteiger partial charge in [0.15, 0.2) is 0 Å². The Hall–Kier alpha value is -0.950. The molecule has 0 aromatic heterocycles. The van der Waals surface area contributed by atoms with Crippen LogP contribution in [0.1, 0.15) is 148 Å². The van der Waals surface area contributed by atoms with E-state index in [9.17, 15) is 13.0 Å². The molecule has 0 saturated carbocycles. The largest absolute Gasteiger partial charge is 0.726 e. The summed E-state index contributed by atoms with van der Waals surface area (Å²) in [4.78, 5) is 0. The van der Waals surface area contributed by atoms with Gasteiger partial charge in [0.25, 0.3) is 0 Å². The zero-order valence-corrected chi connectivity index (χ0v) is 27.0. The summed E-state index contributed by atoms with van der Waals surface area (Å²) in [7, 11) is 0.239. The third kappa shape index (κ3) is 29.8. The van der Waals surface area contributed by atoms with Crippen molar-refractivity contribution in [2.24, 2.45) is 0 Å². The van der Waals surface area contributed by atoms with Gasteiger partial charge < -0.3 is 9.04 Å². The van der Waals surface area contributed by atoms with Crippen LogP contribution in [0.3, 0.4) is 0 Å². The highest BCUT2D eigenvalue weighted by Crippen LogP contribution is 2.14. The maximum Gasteiger partial charge on any atom is 0.217 e. The monoisotopic (exact) mass is 569 g/mol. The Morgan fingerprint density at radius 2 is 1.00 bits per heavy atom. The Morgan fingerprint density at radius 1 is 0.615 bits per heavy atom. The molecule has 1 rings (SSSR count). The molecule has 0 unspecified atom stereocenters. The van der Waals surface area contributed by atoms with Gasteiger partial charge in [-0.25, -0.2) is 8.42 Å². The number of quaternary nitrogens is 1. The molecule has 0 bridgehead atoms. The summed E-state index contributed by atoms with van der Waals surface area (Å²) in [5.74, 6) is 0. The van der Waals surface area contributed by atoms with Crippen LogP contribution in [0.15, 0.2) is 30.3 Å². The van der Waals surface area contributed by atoms with Crippen molar-refractivity contribution < 1.29 is 21.6 Å². The van der Waals surface area contributed by atoms with Gasteiger partial charge in [0, 0.05) is 5.56 Å². The first-order valence-electron chi connectivity index (χ1n) is 16.2. The number of rotatable bonds is 25. The minimum Gasteiger partial charge on any atom is -0.726 e. The molecule has 1 aromatic carbocycles. The minimum absolute atomic E-state index is 0.0301. The highest BCUT2D eigenvalue weighted by atomic mass is 32.3. The predicted octanol–water partition coefficient (Wildman–Crippen LogP) is 9.57. The first-order valence-corrected chi connectivity index (χ1v) is 17.5. The summed E-state index contributed by atoms with van der Waals surface area (Å²) in [5.41, 5.74) is 1.46. The van der Waals surface area contributed by atoms with E-state index in [2.05, 4.69) is 62.5 Å². The van der Waals surface area contributed by atoms with Crippen molar-refractivity contribution in [3.05, 3.63) is 35.9 Å². The number of unbranched alkanes of at least 4 members (excludes halogenated alkanes) is 18. The summed E-state index contributed by atoms with van der Waals surface area (Å²) in [6, 6.07) is 10.9. The molecule has 0 aliphatic carbocycles. The lowest BCUT2D eigenvalue weighted by atomic mass is 10.1. The molecule has 0 atom stereocenters. The second-order valence-electron chi connectivity index (χ2n) is 11.9. The van der Waals surface area contributed by atoms with E-state index in [1.807, 2.05) is 0 Å². The zero-order valence-electron chi connectivity index (χ0n) is 26.1. The van der Waals surface area contributed by atoms with Gasteiger partial charge in [0.2, 0.25) is 10.4 Å². The third-order valence-corrected chi connectivity index (χ3v) is 7.75. The van der Waals surface area contributed by atoms with Gasteiger partial charge in [-0.15, -0.1) is 0 Å². The van der Waals surface area contributed by atoms with E-state index in [1.54, 1.807) is 0 Å². The zero-order chi connectivity index (χ0) is 29.1. The lowest BCUT2D eigenvalue weighted by Gasteiger charge is -2.30. The van der Waals surface area contributed by atoms with Crippen LogP contribution in [0, 0.1) is 0 Å². The fourth-order valence-corrected chi connectivity index (χ4v) is 5.26. The molecule has 0 heterocycles. The van der Waals surface area contributed by atoms with Crippen molar-refractivity contribution >= 4 is 10.4 Å². The highest BCUT2D eigenvalue weighted by molar-refractivity contribution is 7.80. The predicted molar refractivity (Wildman–Crippen MR) is 166 cm³/mol. The molecule has 1 aromatic rings. The van der Waals surface area contributed by atoms with Crippen molar-refractivity contribution in [2.45, 2.75) is 149 Å². The molecule has 39 heavy (non-hydrogen) atoms. The van der Waals surface area contributed by atoms with Crippen LogP contribution in [-0.4, -0.2) is 44.7 Å². The molecule has 0 spiro atoms. The number of benzene rings is 1. The smallest absolute Gasteiger partial charge is 0.217 e. The van der Waals surface area contributed by atoms with Crippen molar-refractivity contribution in [2.75, 3.05) is 27.2 Å². The van der Waals surface area contributed by atoms with Crippen LogP contribution < -0.4 is 0 Å². The van der Waals surface area contributed by atoms with E-state index in [0.29, 0.717) is 6.42 Å². The first kappa shape index (κ1) is 38.0. The van der Waals surface area contributed by atoms with Crippen molar-refractivity contribution in [3.63, 3.8) is 0 Å². The number of nitrogens with zero attached hydrogens (tertiary/aromatic N) is 1. The summed E-state index contributed by atoms with van der Waals surface area (Å²) in [6.07, 6.45) is 25.9. The van der Waals surface area contributed by atoms with E-state index in [-0.39, 0.29) is 6.61 Å². The van der Waals surface area contributed by atoms with Crippen LogP contribution >= 0.6 is 0 Å². The van der Waals surface area contributed by atoms with Crippen molar-refractivity contribution in [1.29, 1.82) is 0 Å². The molecule has 0 aliphatic rings. The highest BCUT2D eigenvalue weighted by Gasteiger charge is 2.14. The van der Waals surface area contributed by atoms with Crippen LogP contribution in [-0.2, 0) is 21.1 Å². The van der Waals surface area contributed by atoms with Gasteiger partial charge in [-0.2, -0.15) is 0 Å². The molecule has 0 amide bonds. The number of hydrogen-bond donors (Lipinski definition) is 0. The van der Waals surface area contributed by atoms with Gasteiger partial charge in [0.05, 0.1) is 27.2 Å². The lowest BCUT2D eigenvalue weighted by molar-refractivity contribution is -0.903. The fourth-order valence-electron chi connectivity index (χ4n) is 4.93. The van der Waals surface area contributed by atoms with Crippen molar-refractivity contribution in [1.82, 2.24) is 0 Å². The maximum atomic E-state index is 10.1. The fraction of sp³-hybridized carbons (Fsp3) is 0.818. The van der Waals surface area contributed by atoms with Gasteiger partial charge in [-0.3, -0.25) is 4.18 Å². The van der Waals surface area contributed by atoms with E-state index in [1.165, 1.54) is 121 Å². The van der Waals surface area contributed by atoms with Gasteiger partial charge in [0.1, 0.15) is 6.54 Å². The van der Waals surface area contributed by atoms with Crippen LogP contribution in [0.25, 0.3) is 0 Å². The Morgan fingerprint density at radius 3 is 1.41 bits per heavy atom. The standard InChI is InChI=1S/C21H38N.C12H26O4S/c1-4-5-6-7-8-9-10-11-12-16-19-22(2,3)20-21-17-14-13-15-18-21;1-2-3-4-5-6-7-8-9-10-11-12-16-17(13,14)15/h13-15,17-18H,4-12,16,19-20H2,1-3H3;2-12H2,1H3,(H,13,14,15)/q+1;/p-1. The van der Waals surface area contributed by atoms with Crippen LogP contribution in [0.2, 0.25) is 0 Å².